The molecule has 0 spiro atoms. The van der Waals surface area contributed by atoms with Crippen LogP contribution >= 0.6 is 0 Å². The number of hydrogen-bond donors (Lipinski definition) is 0. The number of pyridine rings is 1. The number of rotatable bonds is 10. The highest BCUT2D eigenvalue weighted by molar-refractivity contribution is 5.80. The van der Waals surface area contributed by atoms with Crippen molar-refractivity contribution in [2.45, 2.75) is 39.5 Å². The van der Waals surface area contributed by atoms with Crippen LogP contribution in [0.5, 0.6) is 0 Å². The lowest BCUT2D eigenvalue weighted by Crippen LogP contribution is -2.11. The van der Waals surface area contributed by atoms with Gasteiger partial charge in [-0.05, 0) is 48.1 Å². The third kappa shape index (κ3) is 5.26. The predicted molar refractivity (Wildman–Crippen MR) is 117 cm³/mol. The number of aromatic nitrogens is 1. The van der Waals surface area contributed by atoms with Gasteiger partial charge in [-0.15, -0.1) is 13.2 Å². The lowest BCUT2D eigenvalue weighted by atomic mass is 9.87. The summed E-state index contributed by atoms with van der Waals surface area (Å²) in [6.45, 7) is 15.0. The monoisotopic (exact) mass is 379 g/mol. The maximum atomic E-state index is 13.6. The van der Waals surface area contributed by atoms with Crippen molar-refractivity contribution in [3.05, 3.63) is 84.0 Å². The Morgan fingerprint density at radius 3 is 2.43 bits per heavy atom. The van der Waals surface area contributed by atoms with E-state index < -0.39 is 0 Å². The van der Waals surface area contributed by atoms with Gasteiger partial charge >= 0.3 is 0 Å². The highest BCUT2D eigenvalue weighted by atomic mass is 19.1. The molecule has 28 heavy (non-hydrogen) atoms. The molecule has 0 saturated carbocycles. The van der Waals surface area contributed by atoms with Crippen molar-refractivity contribution in [2.75, 3.05) is 13.2 Å². The Bertz CT molecular complexity index is 835. The van der Waals surface area contributed by atoms with Crippen LogP contribution in [-0.4, -0.2) is 18.2 Å². The zero-order chi connectivity index (χ0) is 20.5. The summed E-state index contributed by atoms with van der Waals surface area (Å²) in [5.74, 6) is 0.0247. The van der Waals surface area contributed by atoms with E-state index in [2.05, 4.69) is 33.1 Å². The molecule has 2 nitrogen and oxygen atoms in total. The third-order valence-electron chi connectivity index (χ3n) is 4.53. The minimum Gasteiger partial charge on any atom is -0.377 e. The second kappa shape index (κ2) is 10.7. The van der Waals surface area contributed by atoms with E-state index in [4.69, 9.17) is 9.72 Å². The summed E-state index contributed by atoms with van der Waals surface area (Å²) < 4.78 is 19.2. The maximum Gasteiger partial charge on any atom is 0.123 e. The SMILES string of the molecule is C=CCOCCc1c(CC=C)nc(C(C)C)c(/C=C/C)c1-c1ccc(F)cc1. The molecule has 0 atom stereocenters. The summed E-state index contributed by atoms with van der Waals surface area (Å²) in [7, 11) is 0. The van der Waals surface area contributed by atoms with Gasteiger partial charge in [-0.25, -0.2) is 4.39 Å². The van der Waals surface area contributed by atoms with Crippen LogP contribution in [0.1, 0.15) is 49.2 Å². The van der Waals surface area contributed by atoms with Crippen LogP contribution in [0.25, 0.3) is 17.2 Å². The van der Waals surface area contributed by atoms with Crippen molar-refractivity contribution in [3.8, 4) is 11.1 Å². The molecular formula is C25H30FNO. The molecular weight excluding hydrogens is 349 g/mol. The van der Waals surface area contributed by atoms with Gasteiger partial charge in [0, 0.05) is 17.7 Å². The first-order valence-corrected chi connectivity index (χ1v) is 9.77. The van der Waals surface area contributed by atoms with E-state index in [9.17, 15) is 4.39 Å². The Hall–Kier alpha value is -2.52. The quantitative estimate of drug-likeness (QED) is 0.346. The van der Waals surface area contributed by atoms with E-state index in [1.54, 1.807) is 6.08 Å². The molecule has 2 rings (SSSR count). The van der Waals surface area contributed by atoms with Crippen molar-refractivity contribution >= 4 is 6.08 Å². The lowest BCUT2D eigenvalue weighted by molar-refractivity contribution is 0.166. The largest absolute Gasteiger partial charge is 0.377 e. The third-order valence-corrected chi connectivity index (χ3v) is 4.53. The van der Waals surface area contributed by atoms with E-state index in [0.29, 0.717) is 19.6 Å². The molecule has 2 aromatic rings. The first kappa shape index (κ1) is 21.8. The Labute approximate surface area is 168 Å². The van der Waals surface area contributed by atoms with Gasteiger partial charge < -0.3 is 4.74 Å². The first-order chi connectivity index (χ1) is 13.5. The van der Waals surface area contributed by atoms with Crippen LogP contribution < -0.4 is 0 Å². The Kier molecular flexibility index (Phi) is 8.34. The van der Waals surface area contributed by atoms with Gasteiger partial charge in [0.2, 0.25) is 0 Å². The number of nitrogens with zero attached hydrogens (tertiary/aromatic N) is 1. The van der Waals surface area contributed by atoms with Gasteiger partial charge in [0.25, 0.3) is 0 Å². The summed E-state index contributed by atoms with van der Waals surface area (Å²) in [5.41, 5.74) is 6.38. The van der Waals surface area contributed by atoms with E-state index in [0.717, 1.165) is 40.1 Å². The van der Waals surface area contributed by atoms with Crippen molar-refractivity contribution in [3.63, 3.8) is 0 Å². The standard InChI is InChI=1S/C25H30FNO/c1-6-9-22-24(19-11-13-20(26)14-12-19)21(15-17-28-16-8-3)23(10-7-2)27-25(22)18(4)5/h6-9,11-14,18H,2-3,10,15-17H2,1,4-5H3/b9-6+. The van der Waals surface area contributed by atoms with Crippen LogP contribution in [0.2, 0.25) is 0 Å². The van der Waals surface area contributed by atoms with E-state index >= 15 is 0 Å². The molecule has 3 heteroatoms. The number of halogens is 1. The fraction of sp³-hybridized carbons (Fsp3) is 0.320. The Balaban J connectivity index is 2.76. The predicted octanol–water partition coefficient (Wildman–Crippen LogP) is 6.52. The number of hydrogen-bond acceptors (Lipinski definition) is 2. The molecule has 0 aliphatic heterocycles. The molecule has 0 aliphatic rings. The van der Waals surface area contributed by atoms with E-state index in [-0.39, 0.29) is 11.7 Å². The summed E-state index contributed by atoms with van der Waals surface area (Å²) in [4.78, 5) is 5.01. The molecule has 1 aromatic carbocycles. The van der Waals surface area contributed by atoms with Crippen LogP contribution in [0, 0.1) is 5.82 Å². The molecule has 148 valence electrons. The second-order valence-corrected chi connectivity index (χ2v) is 6.98. The van der Waals surface area contributed by atoms with Crippen molar-refractivity contribution in [1.29, 1.82) is 0 Å². The number of allylic oxidation sites excluding steroid dienone is 2. The fourth-order valence-corrected chi connectivity index (χ4v) is 3.35. The Morgan fingerprint density at radius 2 is 1.86 bits per heavy atom. The summed E-state index contributed by atoms with van der Waals surface area (Å²) in [5, 5.41) is 0. The number of benzene rings is 1. The molecule has 1 heterocycles. The Morgan fingerprint density at radius 1 is 1.14 bits per heavy atom. The van der Waals surface area contributed by atoms with Gasteiger partial charge in [0.15, 0.2) is 0 Å². The highest BCUT2D eigenvalue weighted by Gasteiger charge is 2.20. The average molecular weight is 380 g/mol. The number of ether oxygens (including phenoxy) is 1. The van der Waals surface area contributed by atoms with Crippen LogP contribution in [0.3, 0.4) is 0 Å². The highest BCUT2D eigenvalue weighted by Crippen LogP contribution is 2.36. The first-order valence-electron chi connectivity index (χ1n) is 9.77. The molecule has 0 unspecified atom stereocenters. The van der Waals surface area contributed by atoms with Crippen molar-refractivity contribution < 1.29 is 9.13 Å². The summed E-state index contributed by atoms with van der Waals surface area (Å²) in [6, 6.07) is 6.70. The molecule has 0 aliphatic carbocycles. The molecule has 0 N–H and O–H groups in total. The van der Waals surface area contributed by atoms with Gasteiger partial charge in [0.05, 0.1) is 18.9 Å². The molecule has 0 bridgehead atoms. The average Bonchev–Trinajstić information content (AvgIpc) is 2.67. The van der Waals surface area contributed by atoms with Crippen LogP contribution in [-0.2, 0) is 17.6 Å². The normalized spacial score (nSPS) is 11.3. The summed E-state index contributed by atoms with van der Waals surface area (Å²) in [6.07, 6.45) is 9.16. The zero-order valence-electron chi connectivity index (χ0n) is 17.2. The minimum atomic E-state index is -0.239. The molecule has 0 amide bonds. The maximum absolute atomic E-state index is 13.6. The molecule has 1 aromatic heterocycles. The topological polar surface area (TPSA) is 22.1 Å². The van der Waals surface area contributed by atoms with Gasteiger partial charge in [-0.3, -0.25) is 4.98 Å². The van der Waals surface area contributed by atoms with Crippen molar-refractivity contribution in [1.82, 2.24) is 4.98 Å². The molecule has 0 saturated heterocycles. The molecule has 0 radical (unpaired) electrons. The van der Waals surface area contributed by atoms with Crippen LogP contribution in [0.4, 0.5) is 4.39 Å². The second-order valence-electron chi connectivity index (χ2n) is 6.98. The van der Waals surface area contributed by atoms with Crippen molar-refractivity contribution in [2.24, 2.45) is 0 Å². The van der Waals surface area contributed by atoms with E-state index in [1.807, 2.05) is 31.2 Å². The zero-order valence-corrected chi connectivity index (χ0v) is 17.2. The molecule has 0 fully saturated rings. The van der Waals surface area contributed by atoms with E-state index in [1.165, 1.54) is 12.1 Å². The minimum absolute atomic E-state index is 0.239. The van der Waals surface area contributed by atoms with Gasteiger partial charge in [0.1, 0.15) is 5.82 Å². The lowest BCUT2D eigenvalue weighted by Gasteiger charge is -2.22. The fourth-order valence-electron chi connectivity index (χ4n) is 3.35. The van der Waals surface area contributed by atoms with Crippen LogP contribution in [0.15, 0.2) is 55.7 Å². The summed E-state index contributed by atoms with van der Waals surface area (Å²) >= 11 is 0. The van der Waals surface area contributed by atoms with Gasteiger partial charge in [-0.2, -0.15) is 0 Å². The smallest absolute Gasteiger partial charge is 0.123 e. The van der Waals surface area contributed by atoms with Gasteiger partial charge in [-0.1, -0.05) is 50.3 Å².